The minimum absolute atomic E-state index is 0.0661. The molecular formula is C16H16O4. The molecule has 0 unspecified atom stereocenters. The van der Waals surface area contributed by atoms with Crippen LogP contribution in [0, 0.1) is 5.92 Å². The number of carbonyl (C=O) groups is 2. The molecule has 1 saturated carbocycles. The fourth-order valence-electron chi connectivity index (χ4n) is 4.11. The summed E-state index contributed by atoms with van der Waals surface area (Å²) in [7, 11) is 1.59. The lowest BCUT2D eigenvalue weighted by molar-refractivity contribution is -0.239. The molecule has 4 heteroatoms. The predicted octanol–water partition coefficient (Wildman–Crippen LogP) is 2.21. The molecule has 20 heavy (non-hydrogen) atoms. The summed E-state index contributed by atoms with van der Waals surface area (Å²) in [5, 5.41) is 0. The Morgan fingerprint density at radius 2 is 2.10 bits per heavy atom. The second-order valence-electron chi connectivity index (χ2n) is 5.89. The number of ether oxygens (including phenoxy) is 2. The largest absolute Gasteiger partial charge is 0.349 e. The van der Waals surface area contributed by atoms with Crippen molar-refractivity contribution in [3.05, 3.63) is 35.4 Å². The average Bonchev–Trinajstić information content (AvgIpc) is 2.81. The molecule has 4 rings (SSSR count). The lowest BCUT2D eigenvalue weighted by Crippen LogP contribution is -2.56. The molecule has 0 amide bonds. The first kappa shape index (κ1) is 12.2. The van der Waals surface area contributed by atoms with Crippen molar-refractivity contribution in [2.45, 2.75) is 37.1 Å². The van der Waals surface area contributed by atoms with E-state index in [0.717, 1.165) is 18.4 Å². The fourth-order valence-corrected chi connectivity index (χ4v) is 4.11. The van der Waals surface area contributed by atoms with Crippen LogP contribution in [-0.4, -0.2) is 24.3 Å². The summed E-state index contributed by atoms with van der Waals surface area (Å²) >= 11 is 0. The Hall–Kier alpha value is -1.52. The molecule has 0 N–H and O–H groups in total. The molecule has 0 radical (unpaired) electrons. The van der Waals surface area contributed by atoms with Crippen LogP contribution in [0.5, 0.6) is 0 Å². The van der Waals surface area contributed by atoms with Crippen molar-refractivity contribution < 1.29 is 19.1 Å². The molecule has 0 aromatic heterocycles. The molecule has 1 aliphatic carbocycles. The molecule has 1 aromatic carbocycles. The van der Waals surface area contributed by atoms with Gasteiger partial charge in [0.1, 0.15) is 0 Å². The molecule has 2 heterocycles. The topological polar surface area (TPSA) is 52.6 Å². The lowest BCUT2D eigenvalue weighted by Gasteiger charge is -2.40. The second kappa shape index (κ2) is 3.77. The zero-order chi connectivity index (χ0) is 14.0. The Kier molecular flexibility index (Phi) is 2.31. The van der Waals surface area contributed by atoms with Crippen LogP contribution in [0.2, 0.25) is 0 Å². The zero-order valence-corrected chi connectivity index (χ0v) is 11.3. The van der Waals surface area contributed by atoms with Gasteiger partial charge in [0.25, 0.3) is 0 Å². The van der Waals surface area contributed by atoms with E-state index in [1.54, 1.807) is 13.2 Å². The monoisotopic (exact) mass is 272 g/mol. The van der Waals surface area contributed by atoms with Crippen molar-refractivity contribution >= 4 is 11.6 Å². The summed E-state index contributed by atoms with van der Waals surface area (Å²) in [6.07, 6.45) is 2.68. The van der Waals surface area contributed by atoms with Gasteiger partial charge in [-0.3, -0.25) is 9.59 Å². The Balaban J connectivity index is 2.00. The first-order valence-electron chi connectivity index (χ1n) is 7.07. The molecule has 3 aliphatic rings. The lowest BCUT2D eigenvalue weighted by atomic mass is 9.71. The van der Waals surface area contributed by atoms with E-state index in [1.807, 2.05) is 18.2 Å². The number of hydrogen-bond acceptors (Lipinski definition) is 4. The molecule has 4 nitrogen and oxygen atoms in total. The van der Waals surface area contributed by atoms with Gasteiger partial charge in [0, 0.05) is 37.0 Å². The number of Topliss-reactive ketones (excluding diaryl/α,β-unsaturated/α-hetero) is 2. The van der Waals surface area contributed by atoms with Crippen LogP contribution in [0.15, 0.2) is 24.3 Å². The first-order valence-corrected chi connectivity index (χ1v) is 7.07. The van der Waals surface area contributed by atoms with Gasteiger partial charge in [-0.15, -0.1) is 0 Å². The molecule has 1 aromatic rings. The van der Waals surface area contributed by atoms with Gasteiger partial charge in [0.15, 0.2) is 17.2 Å². The van der Waals surface area contributed by atoms with Crippen LogP contribution in [-0.2, 0) is 20.1 Å². The fraction of sp³-hybridized carbons (Fsp3) is 0.500. The van der Waals surface area contributed by atoms with Crippen molar-refractivity contribution in [1.29, 1.82) is 0 Å². The summed E-state index contributed by atoms with van der Waals surface area (Å²) in [6.45, 7) is 0. The summed E-state index contributed by atoms with van der Waals surface area (Å²) in [5.41, 5.74) is 0.0569. The van der Waals surface area contributed by atoms with Crippen molar-refractivity contribution in [1.82, 2.24) is 0 Å². The smallest absolute Gasteiger partial charge is 0.203 e. The zero-order valence-electron chi connectivity index (χ0n) is 11.3. The van der Waals surface area contributed by atoms with E-state index in [0.29, 0.717) is 18.4 Å². The van der Waals surface area contributed by atoms with E-state index in [2.05, 4.69) is 0 Å². The minimum atomic E-state index is -1.29. The normalized spacial score (nSPS) is 38.5. The van der Waals surface area contributed by atoms with E-state index in [4.69, 9.17) is 9.47 Å². The molecule has 1 saturated heterocycles. The van der Waals surface area contributed by atoms with Gasteiger partial charge in [-0.2, -0.15) is 0 Å². The molecular weight excluding hydrogens is 256 g/mol. The first-order chi connectivity index (χ1) is 9.64. The van der Waals surface area contributed by atoms with Gasteiger partial charge in [0.05, 0.1) is 0 Å². The highest BCUT2D eigenvalue weighted by Crippen LogP contribution is 2.58. The van der Waals surface area contributed by atoms with Crippen LogP contribution in [0.25, 0.3) is 0 Å². The predicted molar refractivity (Wildman–Crippen MR) is 70.2 cm³/mol. The number of ketones is 2. The van der Waals surface area contributed by atoms with Gasteiger partial charge in [-0.05, 0) is 12.8 Å². The summed E-state index contributed by atoms with van der Waals surface area (Å²) in [6, 6.07) is 7.34. The number of fused-ring (bicyclic) bond motifs is 3. The molecule has 3 atom stereocenters. The maximum Gasteiger partial charge on any atom is 0.203 e. The van der Waals surface area contributed by atoms with Crippen LogP contribution < -0.4 is 0 Å². The Morgan fingerprint density at radius 1 is 1.30 bits per heavy atom. The third kappa shape index (κ3) is 1.20. The second-order valence-corrected chi connectivity index (χ2v) is 5.89. The van der Waals surface area contributed by atoms with Crippen LogP contribution in [0.4, 0.5) is 0 Å². The van der Waals surface area contributed by atoms with Gasteiger partial charge in [-0.25, -0.2) is 0 Å². The Labute approximate surface area is 117 Å². The quantitative estimate of drug-likeness (QED) is 0.735. The van der Waals surface area contributed by atoms with Crippen molar-refractivity contribution in [3.63, 3.8) is 0 Å². The maximum absolute atomic E-state index is 12.9. The van der Waals surface area contributed by atoms with Crippen molar-refractivity contribution in [2.24, 2.45) is 5.92 Å². The highest BCUT2D eigenvalue weighted by Gasteiger charge is 2.69. The number of hydrogen-bond donors (Lipinski definition) is 0. The highest BCUT2D eigenvalue weighted by molar-refractivity contribution is 6.20. The SMILES string of the molecule is CO[C@@]12C[C@H]3CCCC(=O)[C@]3(O1)C(=O)c1ccccc12. The standard InChI is InChI=1S/C16H16O4/c1-19-15-9-10-5-4-8-13(17)16(10,20-15)14(18)11-6-2-3-7-12(11)15/h2-3,6-7,10H,4-5,8-9H2,1H3/t10-,15+,16+/m1/s1. The number of carbonyl (C=O) groups excluding carboxylic acids is 2. The van der Waals surface area contributed by atoms with E-state index >= 15 is 0 Å². The Morgan fingerprint density at radius 3 is 2.90 bits per heavy atom. The third-order valence-electron chi connectivity index (χ3n) is 5.04. The number of rotatable bonds is 1. The van der Waals surface area contributed by atoms with Crippen LogP contribution >= 0.6 is 0 Å². The molecule has 2 fully saturated rings. The van der Waals surface area contributed by atoms with E-state index in [-0.39, 0.29) is 17.5 Å². The summed E-state index contributed by atoms with van der Waals surface area (Å²) in [5.74, 6) is -1.25. The number of methoxy groups -OCH3 is 1. The van der Waals surface area contributed by atoms with Crippen molar-refractivity contribution in [3.8, 4) is 0 Å². The summed E-state index contributed by atoms with van der Waals surface area (Å²) in [4.78, 5) is 25.4. The molecule has 2 aliphatic heterocycles. The van der Waals surface area contributed by atoms with Gasteiger partial charge >= 0.3 is 0 Å². The highest BCUT2D eigenvalue weighted by atomic mass is 16.7. The van der Waals surface area contributed by atoms with E-state index in [9.17, 15) is 9.59 Å². The Bertz CT molecular complexity index is 623. The number of benzene rings is 1. The summed E-state index contributed by atoms with van der Waals surface area (Å²) < 4.78 is 11.7. The average molecular weight is 272 g/mol. The van der Waals surface area contributed by atoms with E-state index < -0.39 is 11.4 Å². The molecule has 104 valence electrons. The maximum atomic E-state index is 12.9. The van der Waals surface area contributed by atoms with Crippen molar-refractivity contribution in [2.75, 3.05) is 7.11 Å². The molecule has 2 bridgehead atoms. The van der Waals surface area contributed by atoms with Gasteiger partial charge in [0.2, 0.25) is 5.78 Å². The van der Waals surface area contributed by atoms with Crippen LogP contribution in [0.3, 0.4) is 0 Å². The van der Waals surface area contributed by atoms with Gasteiger partial charge in [-0.1, -0.05) is 24.3 Å². The van der Waals surface area contributed by atoms with Gasteiger partial charge < -0.3 is 9.47 Å². The minimum Gasteiger partial charge on any atom is -0.349 e. The van der Waals surface area contributed by atoms with Crippen LogP contribution in [0.1, 0.15) is 41.6 Å². The van der Waals surface area contributed by atoms with E-state index in [1.165, 1.54) is 0 Å². The third-order valence-corrected chi connectivity index (χ3v) is 5.04. The molecule has 1 spiro atoms.